The topological polar surface area (TPSA) is 59.0 Å². The molecule has 0 bridgehead atoms. The Kier molecular flexibility index (Phi) is 5.03. The summed E-state index contributed by atoms with van der Waals surface area (Å²) in [5, 5.41) is 8.89. The number of carboxylic acids is 1. The Morgan fingerprint density at radius 2 is 2.29 bits per heavy atom. The molecule has 1 aliphatic heterocycles. The lowest BCUT2D eigenvalue weighted by molar-refractivity contribution is -0.156. The summed E-state index contributed by atoms with van der Waals surface area (Å²) in [6.07, 6.45) is -0.912. The van der Waals surface area contributed by atoms with Crippen LogP contribution in [0.4, 0.5) is 13.2 Å². The number of ether oxygens (including phenoxy) is 2. The fourth-order valence-corrected chi connectivity index (χ4v) is 2.09. The monoisotopic (exact) mass is 305 g/mol. The van der Waals surface area contributed by atoms with Crippen molar-refractivity contribution in [3.63, 3.8) is 0 Å². The number of rotatable bonds is 5. The van der Waals surface area contributed by atoms with Crippen LogP contribution in [-0.2, 0) is 16.1 Å². The van der Waals surface area contributed by atoms with Gasteiger partial charge in [-0.25, -0.2) is 9.18 Å². The zero-order valence-corrected chi connectivity index (χ0v) is 11.0. The molecule has 21 heavy (non-hydrogen) atoms. The maximum absolute atomic E-state index is 13.6. The highest BCUT2D eigenvalue weighted by molar-refractivity contribution is 5.72. The van der Waals surface area contributed by atoms with Crippen LogP contribution in [0.1, 0.15) is 5.56 Å². The average molecular weight is 305 g/mol. The fourth-order valence-electron chi connectivity index (χ4n) is 2.09. The molecule has 1 unspecified atom stereocenters. The molecule has 1 N–H and O–H groups in total. The third-order valence-electron chi connectivity index (χ3n) is 3.04. The van der Waals surface area contributed by atoms with Gasteiger partial charge in [0.2, 0.25) is 0 Å². The first-order valence-electron chi connectivity index (χ1n) is 6.25. The number of halogens is 3. The first-order chi connectivity index (χ1) is 9.95. The van der Waals surface area contributed by atoms with Crippen LogP contribution in [0.2, 0.25) is 0 Å². The number of benzene rings is 1. The van der Waals surface area contributed by atoms with E-state index in [4.69, 9.17) is 9.84 Å². The summed E-state index contributed by atoms with van der Waals surface area (Å²) in [6, 6.07) is 3.70. The van der Waals surface area contributed by atoms with Gasteiger partial charge < -0.3 is 14.6 Å². The Labute approximate surface area is 118 Å². The molecular weight excluding hydrogens is 291 g/mol. The molecule has 0 aliphatic carbocycles. The molecule has 1 aromatic rings. The van der Waals surface area contributed by atoms with Crippen LogP contribution < -0.4 is 4.74 Å². The Morgan fingerprint density at radius 3 is 2.90 bits per heavy atom. The molecule has 1 saturated heterocycles. The van der Waals surface area contributed by atoms with Crippen molar-refractivity contribution in [3.05, 3.63) is 29.6 Å². The second-order valence-electron chi connectivity index (χ2n) is 4.58. The number of carboxylic acid groups (broad SMARTS) is 1. The second-order valence-corrected chi connectivity index (χ2v) is 4.58. The molecule has 1 atom stereocenters. The van der Waals surface area contributed by atoms with Crippen molar-refractivity contribution < 1.29 is 32.5 Å². The summed E-state index contributed by atoms with van der Waals surface area (Å²) in [5.74, 6) is -2.44. The molecule has 0 spiro atoms. The molecule has 0 amide bonds. The zero-order chi connectivity index (χ0) is 15.4. The average Bonchev–Trinajstić information content (AvgIpc) is 2.42. The zero-order valence-electron chi connectivity index (χ0n) is 11.0. The lowest BCUT2D eigenvalue weighted by Gasteiger charge is -2.30. The highest BCUT2D eigenvalue weighted by atomic mass is 19.3. The van der Waals surface area contributed by atoms with E-state index < -0.39 is 30.3 Å². The second kappa shape index (κ2) is 6.77. The molecule has 0 radical (unpaired) electrons. The Morgan fingerprint density at radius 1 is 1.52 bits per heavy atom. The SMILES string of the molecule is O=C(O)C1CN(Cc2ccc(OC(F)F)c(F)c2)CCO1. The van der Waals surface area contributed by atoms with Crippen LogP contribution in [0.15, 0.2) is 18.2 Å². The van der Waals surface area contributed by atoms with Gasteiger partial charge in [0.25, 0.3) is 0 Å². The summed E-state index contributed by atoms with van der Waals surface area (Å²) in [6.45, 7) is -1.81. The minimum Gasteiger partial charge on any atom is -0.479 e. The highest BCUT2D eigenvalue weighted by Crippen LogP contribution is 2.21. The number of morpholine rings is 1. The van der Waals surface area contributed by atoms with Crippen molar-refractivity contribution in [2.75, 3.05) is 19.7 Å². The number of nitrogens with zero attached hydrogens (tertiary/aromatic N) is 1. The predicted octanol–water partition coefficient (Wildman–Crippen LogP) is 1.71. The van der Waals surface area contributed by atoms with E-state index in [2.05, 4.69) is 4.74 Å². The van der Waals surface area contributed by atoms with Gasteiger partial charge in [-0.3, -0.25) is 4.90 Å². The first-order valence-corrected chi connectivity index (χ1v) is 6.25. The van der Waals surface area contributed by atoms with E-state index in [0.29, 0.717) is 18.7 Å². The van der Waals surface area contributed by atoms with Crippen LogP contribution >= 0.6 is 0 Å². The van der Waals surface area contributed by atoms with Gasteiger partial charge in [0.05, 0.1) is 6.61 Å². The first kappa shape index (κ1) is 15.6. The maximum atomic E-state index is 13.6. The summed E-state index contributed by atoms with van der Waals surface area (Å²) in [7, 11) is 0. The standard InChI is InChI=1S/C13H14F3NO4/c14-9-5-8(1-2-10(9)21-13(15)16)6-17-3-4-20-11(7-17)12(18)19/h1-2,5,11,13H,3-4,6-7H2,(H,18,19). The quantitative estimate of drug-likeness (QED) is 0.897. The van der Waals surface area contributed by atoms with Crippen molar-refractivity contribution in [3.8, 4) is 5.75 Å². The molecular formula is C13H14F3NO4. The van der Waals surface area contributed by atoms with Crippen LogP contribution in [0.5, 0.6) is 5.75 Å². The number of hydrogen-bond acceptors (Lipinski definition) is 4. The van der Waals surface area contributed by atoms with E-state index in [1.165, 1.54) is 6.07 Å². The molecule has 1 heterocycles. The van der Waals surface area contributed by atoms with E-state index in [1.54, 1.807) is 4.90 Å². The van der Waals surface area contributed by atoms with Crippen LogP contribution in [0, 0.1) is 5.82 Å². The minimum absolute atomic E-state index is 0.187. The lowest BCUT2D eigenvalue weighted by Crippen LogP contribution is -2.45. The van der Waals surface area contributed by atoms with E-state index in [1.807, 2.05) is 0 Å². The van der Waals surface area contributed by atoms with Crippen LogP contribution in [-0.4, -0.2) is 48.4 Å². The molecule has 1 aliphatic rings. The molecule has 8 heteroatoms. The van der Waals surface area contributed by atoms with Crippen molar-refractivity contribution in [2.45, 2.75) is 19.3 Å². The van der Waals surface area contributed by atoms with E-state index >= 15 is 0 Å². The Bertz CT molecular complexity index is 512. The Hall–Kier alpha value is -1.80. The molecule has 0 aromatic heterocycles. The normalized spacial score (nSPS) is 19.7. The van der Waals surface area contributed by atoms with E-state index in [9.17, 15) is 18.0 Å². The Balaban J connectivity index is 1.99. The summed E-state index contributed by atoms with van der Waals surface area (Å²) >= 11 is 0. The van der Waals surface area contributed by atoms with Gasteiger partial charge in [0.15, 0.2) is 17.7 Å². The maximum Gasteiger partial charge on any atom is 0.387 e. The lowest BCUT2D eigenvalue weighted by atomic mass is 10.1. The van der Waals surface area contributed by atoms with E-state index in [-0.39, 0.29) is 13.2 Å². The number of hydrogen-bond donors (Lipinski definition) is 1. The molecule has 0 saturated carbocycles. The van der Waals surface area contributed by atoms with Gasteiger partial charge in [-0.2, -0.15) is 8.78 Å². The van der Waals surface area contributed by atoms with Gasteiger partial charge in [-0.15, -0.1) is 0 Å². The summed E-state index contributed by atoms with van der Waals surface area (Å²) < 4.78 is 46.7. The van der Waals surface area contributed by atoms with Gasteiger partial charge in [-0.05, 0) is 17.7 Å². The molecule has 2 rings (SSSR count). The van der Waals surface area contributed by atoms with Gasteiger partial charge in [-0.1, -0.05) is 6.07 Å². The predicted molar refractivity (Wildman–Crippen MR) is 65.7 cm³/mol. The fraction of sp³-hybridized carbons (Fsp3) is 0.462. The van der Waals surface area contributed by atoms with Crippen molar-refractivity contribution >= 4 is 5.97 Å². The molecule has 116 valence electrons. The van der Waals surface area contributed by atoms with Gasteiger partial charge in [0, 0.05) is 19.6 Å². The van der Waals surface area contributed by atoms with Crippen LogP contribution in [0.25, 0.3) is 0 Å². The molecule has 1 fully saturated rings. The number of carbonyl (C=O) groups is 1. The largest absolute Gasteiger partial charge is 0.479 e. The van der Waals surface area contributed by atoms with Crippen molar-refractivity contribution in [1.29, 1.82) is 0 Å². The van der Waals surface area contributed by atoms with Gasteiger partial charge in [0.1, 0.15) is 0 Å². The van der Waals surface area contributed by atoms with Gasteiger partial charge >= 0.3 is 12.6 Å². The number of aliphatic carboxylic acids is 1. The molecule has 1 aromatic carbocycles. The molecule has 5 nitrogen and oxygen atoms in total. The van der Waals surface area contributed by atoms with Crippen LogP contribution in [0.3, 0.4) is 0 Å². The third-order valence-corrected chi connectivity index (χ3v) is 3.04. The van der Waals surface area contributed by atoms with Crippen molar-refractivity contribution in [1.82, 2.24) is 4.90 Å². The smallest absolute Gasteiger partial charge is 0.387 e. The summed E-state index contributed by atoms with van der Waals surface area (Å²) in [5.41, 5.74) is 0.542. The highest BCUT2D eigenvalue weighted by Gasteiger charge is 2.26. The summed E-state index contributed by atoms with van der Waals surface area (Å²) in [4.78, 5) is 12.7. The third kappa shape index (κ3) is 4.33. The van der Waals surface area contributed by atoms with Crippen molar-refractivity contribution in [2.24, 2.45) is 0 Å². The minimum atomic E-state index is -3.08. The number of alkyl halides is 2. The van der Waals surface area contributed by atoms with E-state index in [0.717, 1.165) is 12.1 Å².